The Morgan fingerprint density at radius 3 is 2.50 bits per heavy atom. The molecular formula is C14H18N2O2. The number of hydrogen-bond donors (Lipinski definition) is 0. The molecule has 0 aliphatic rings. The highest BCUT2D eigenvalue weighted by Gasteiger charge is 2.11. The molecule has 0 N–H and O–H groups in total. The Morgan fingerprint density at radius 1 is 1.17 bits per heavy atom. The van der Waals surface area contributed by atoms with Gasteiger partial charge in [0.25, 0.3) is 0 Å². The van der Waals surface area contributed by atoms with Crippen molar-refractivity contribution in [2.45, 2.75) is 13.3 Å². The van der Waals surface area contributed by atoms with Gasteiger partial charge in [0.2, 0.25) is 0 Å². The first-order chi connectivity index (χ1) is 8.71. The maximum atomic E-state index is 5.33. The van der Waals surface area contributed by atoms with Crippen molar-refractivity contribution in [1.29, 1.82) is 0 Å². The van der Waals surface area contributed by atoms with Crippen LogP contribution in [-0.2, 0) is 13.5 Å². The summed E-state index contributed by atoms with van der Waals surface area (Å²) in [5, 5.41) is 4.31. The molecule has 0 saturated carbocycles. The minimum atomic E-state index is 0.737. The van der Waals surface area contributed by atoms with Gasteiger partial charge in [0.05, 0.1) is 20.4 Å². The fourth-order valence-corrected chi connectivity index (χ4v) is 2.13. The van der Waals surface area contributed by atoms with Crippen molar-refractivity contribution in [3.8, 4) is 22.6 Å². The van der Waals surface area contributed by atoms with Gasteiger partial charge in [-0.05, 0) is 24.1 Å². The Kier molecular flexibility index (Phi) is 3.55. The van der Waals surface area contributed by atoms with E-state index in [9.17, 15) is 0 Å². The fraction of sp³-hybridized carbons (Fsp3) is 0.357. The number of ether oxygens (including phenoxy) is 2. The molecule has 0 unspecified atom stereocenters. The summed E-state index contributed by atoms with van der Waals surface area (Å²) in [4.78, 5) is 0. The molecule has 0 aliphatic heterocycles. The predicted octanol–water partition coefficient (Wildman–Crippen LogP) is 2.67. The molecular weight excluding hydrogens is 228 g/mol. The normalized spacial score (nSPS) is 10.4. The van der Waals surface area contributed by atoms with Crippen LogP contribution >= 0.6 is 0 Å². The predicted molar refractivity (Wildman–Crippen MR) is 71.1 cm³/mol. The van der Waals surface area contributed by atoms with E-state index in [0.29, 0.717) is 0 Å². The maximum absolute atomic E-state index is 5.33. The Hall–Kier alpha value is -1.97. The summed E-state index contributed by atoms with van der Waals surface area (Å²) in [6.45, 7) is 2.13. The topological polar surface area (TPSA) is 36.3 Å². The van der Waals surface area contributed by atoms with Gasteiger partial charge in [-0.15, -0.1) is 0 Å². The maximum Gasteiger partial charge on any atom is 0.161 e. The molecule has 0 atom stereocenters. The molecule has 1 aromatic carbocycles. The van der Waals surface area contributed by atoms with Crippen molar-refractivity contribution >= 4 is 0 Å². The minimum absolute atomic E-state index is 0.737. The standard InChI is InChI=1S/C14H18N2O2/c1-5-12-11(9-15-16(12)2)10-6-7-13(17-3)14(8-10)18-4/h6-9H,5H2,1-4H3. The summed E-state index contributed by atoms with van der Waals surface area (Å²) in [5.41, 5.74) is 3.45. The number of nitrogens with zero attached hydrogens (tertiary/aromatic N) is 2. The lowest BCUT2D eigenvalue weighted by Gasteiger charge is -2.10. The van der Waals surface area contributed by atoms with Crippen LogP contribution in [0.25, 0.3) is 11.1 Å². The summed E-state index contributed by atoms with van der Waals surface area (Å²) in [6.07, 6.45) is 2.83. The molecule has 4 heteroatoms. The Bertz CT molecular complexity index is 547. The molecule has 0 radical (unpaired) electrons. The van der Waals surface area contributed by atoms with E-state index in [2.05, 4.69) is 12.0 Å². The first-order valence-electron chi connectivity index (χ1n) is 5.94. The van der Waals surface area contributed by atoms with Crippen LogP contribution in [0.4, 0.5) is 0 Å². The first-order valence-corrected chi connectivity index (χ1v) is 5.94. The van der Waals surface area contributed by atoms with Crippen LogP contribution in [0.15, 0.2) is 24.4 Å². The van der Waals surface area contributed by atoms with Gasteiger partial charge in [-0.3, -0.25) is 4.68 Å². The summed E-state index contributed by atoms with van der Waals surface area (Å²) in [6, 6.07) is 5.92. The van der Waals surface area contributed by atoms with Gasteiger partial charge in [0, 0.05) is 18.3 Å². The van der Waals surface area contributed by atoms with E-state index < -0.39 is 0 Å². The summed E-state index contributed by atoms with van der Waals surface area (Å²) < 4.78 is 12.5. The quantitative estimate of drug-likeness (QED) is 0.832. The third-order valence-electron chi connectivity index (χ3n) is 3.09. The third kappa shape index (κ3) is 2.06. The van der Waals surface area contributed by atoms with Gasteiger partial charge in [0.15, 0.2) is 11.5 Å². The summed E-state index contributed by atoms with van der Waals surface area (Å²) >= 11 is 0. The van der Waals surface area contributed by atoms with Crippen LogP contribution in [0.5, 0.6) is 11.5 Å². The molecule has 2 rings (SSSR count). The Morgan fingerprint density at radius 2 is 1.89 bits per heavy atom. The van der Waals surface area contributed by atoms with Crippen molar-refractivity contribution in [2.75, 3.05) is 14.2 Å². The molecule has 1 aromatic heterocycles. The molecule has 1 heterocycles. The van der Waals surface area contributed by atoms with Crippen LogP contribution in [0, 0.1) is 0 Å². The van der Waals surface area contributed by atoms with Gasteiger partial charge >= 0.3 is 0 Å². The summed E-state index contributed by atoms with van der Waals surface area (Å²) in [5.74, 6) is 1.48. The number of benzene rings is 1. The molecule has 18 heavy (non-hydrogen) atoms. The molecule has 0 aliphatic carbocycles. The molecule has 0 spiro atoms. The SMILES string of the molecule is CCc1c(-c2ccc(OC)c(OC)c2)cnn1C. The van der Waals surface area contributed by atoms with E-state index in [1.54, 1.807) is 14.2 Å². The molecule has 4 nitrogen and oxygen atoms in total. The average Bonchev–Trinajstić information content (AvgIpc) is 2.78. The average molecular weight is 246 g/mol. The molecule has 0 bridgehead atoms. The highest BCUT2D eigenvalue weighted by atomic mass is 16.5. The van der Waals surface area contributed by atoms with Crippen LogP contribution in [0.2, 0.25) is 0 Å². The van der Waals surface area contributed by atoms with E-state index in [4.69, 9.17) is 9.47 Å². The second kappa shape index (κ2) is 5.12. The van der Waals surface area contributed by atoms with Gasteiger partial charge in [-0.2, -0.15) is 5.10 Å². The molecule has 0 saturated heterocycles. The van der Waals surface area contributed by atoms with Gasteiger partial charge in [-0.1, -0.05) is 13.0 Å². The van der Waals surface area contributed by atoms with Crippen LogP contribution in [-0.4, -0.2) is 24.0 Å². The van der Waals surface area contributed by atoms with Gasteiger partial charge in [-0.25, -0.2) is 0 Å². The van der Waals surface area contributed by atoms with Crippen LogP contribution in [0.3, 0.4) is 0 Å². The van der Waals surface area contributed by atoms with Crippen molar-refractivity contribution in [3.63, 3.8) is 0 Å². The summed E-state index contributed by atoms with van der Waals surface area (Å²) in [7, 11) is 5.24. The Labute approximate surface area is 107 Å². The molecule has 0 fully saturated rings. The van der Waals surface area contributed by atoms with E-state index in [0.717, 1.165) is 29.0 Å². The lowest BCUT2D eigenvalue weighted by Crippen LogP contribution is -1.97. The first kappa shape index (κ1) is 12.5. The Balaban J connectivity index is 2.50. The van der Waals surface area contributed by atoms with Gasteiger partial charge < -0.3 is 9.47 Å². The number of aryl methyl sites for hydroxylation is 1. The third-order valence-corrected chi connectivity index (χ3v) is 3.09. The number of rotatable bonds is 4. The molecule has 0 amide bonds. The van der Waals surface area contributed by atoms with Crippen molar-refractivity contribution in [2.24, 2.45) is 7.05 Å². The molecule has 96 valence electrons. The van der Waals surface area contributed by atoms with Crippen LogP contribution < -0.4 is 9.47 Å². The van der Waals surface area contributed by atoms with Crippen molar-refractivity contribution in [1.82, 2.24) is 9.78 Å². The minimum Gasteiger partial charge on any atom is -0.493 e. The van der Waals surface area contributed by atoms with Crippen molar-refractivity contribution in [3.05, 3.63) is 30.1 Å². The lowest BCUT2D eigenvalue weighted by atomic mass is 10.0. The number of methoxy groups -OCH3 is 2. The lowest BCUT2D eigenvalue weighted by molar-refractivity contribution is 0.355. The highest BCUT2D eigenvalue weighted by Crippen LogP contribution is 2.33. The van der Waals surface area contributed by atoms with E-state index in [1.807, 2.05) is 36.1 Å². The second-order valence-electron chi connectivity index (χ2n) is 4.05. The van der Waals surface area contributed by atoms with Crippen molar-refractivity contribution < 1.29 is 9.47 Å². The van der Waals surface area contributed by atoms with Gasteiger partial charge in [0.1, 0.15) is 0 Å². The van der Waals surface area contributed by atoms with E-state index in [1.165, 1.54) is 5.69 Å². The zero-order valence-electron chi connectivity index (χ0n) is 11.2. The number of aromatic nitrogens is 2. The zero-order chi connectivity index (χ0) is 13.1. The zero-order valence-corrected chi connectivity index (χ0v) is 11.2. The van der Waals surface area contributed by atoms with E-state index >= 15 is 0 Å². The second-order valence-corrected chi connectivity index (χ2v) is 4.05. The highest BCUT2D eigenvalue weighted by molar-refractivity contribution is 5.68. The number of hydrogen-bond acceptors (Lipinski definition) is 3. The largest absolute Gasteiger partial charge is 0.493 e. The fourth-order valence-electron chi connectivity index (χ4n) is 2.13. The van der Waals surface area contributed by atoms with E-state index in [-0.39, 0.29) is 0 Å². The smallest absolute Gasteiger partial charge is 0.161 e. The monoisotopic (exact) mass is 246 g/mol. The van der Waals surface area contributed by atoms with Crippen LogP contribution in [0.1, 0.15) is 12.6 Å². The molecule has 2 aromatic rings.